The zero-order valence-corrected chi connectivity index (χ0v) is 17.2. The average molecular weight is 414 g/mol. The summed E-state index contributed by atoms with van der Waals surface area (Å²) >= 11 is 1.41. The fourth-order valence-electron chi connectivity index (χ4n) is 2.91. The number of carbonyl (C=O) groups is 1. The molecule has 1 amide bonds. The SMILES string of the molecule is CNc1nc(SCc2cccnc2)c(C#N)c(-c2ccc(NC(C)=O)cc2)c1C#N. The summed E-state index contributed by atoms with van der Waals surface area (Å²) < 4.78 is 0. The number of hydrogen-bond donors (Lipinski definition) is 2. The number of aromatic nitrogens is 2. The van der Waals surface area contributed by atoms with Crippen molar-refractivity contribution in [3.63, 3.8) is 0 Å². The molecule has 148 valence electrons. The number of nitriles is 2. The van der Waals surface area contributed by atoms with Crippen LogP contribution in [0, 0.1) is 22.7 Å². The molecule has 0 aliphatic rings. The number of nitrogens with one attached hydrogen (secondary N) is 2. The molecule has 0 radical (unpaired) electrons. The molecule has 0 fully saturated rings. The van der Waals surface area contributed by atoms with E-state index in [-0.39, 0.29) is 5.91 Å². The molecule has 2 N–H and O–H groups in total. The second kappa shape index (κ2) is 9.55. The monoisotopic (exact) mass is 414 g/mol. The number of carbonyl (C=O) groups excluding carboxylic acids is 1. The summed E-state index contributed by atoms with van der Waals surface area (Å²) in [6, 6.07) is 15.2. The first-order chi connectivity index (χ1) is 14.6. The number of hydrogen-bond acceptors (Lipinski definition) is 7. The summed E-state index contributed by atoms with van der Waals surface area (Å²) in [4.78, 5) is 19.9. The number of anilines is 2. The maximum Gasteiger partial charge on any atom is 0.221 e. The van der Waals surface area contributed by atoms with Crippen LogP contribution in [0.4, 0.5) is 11.5 Å². The highest BCUT2D eigenvalue weighted by molar-refractivity contribution is 7.98. The standard InChI is InChI=1S/C22H18N6OS/c1-14(29)27-17-7-5-16(6-8-17)20-18(10-23)21(25-2)28-22(19(20)11-24)30-13-15-4-3-9-26-12-15/h3-9,12H,13H2,1-2H3,(H,25,28)(H,27,29). The van der Waals surface area contributed by atoms with Crippen LogP contribution >= 0.6 is 11.8 Å². The van der Waals surface area contributed by atoms with Crippen molar-refractivity contribution in [3.05, 3.63) is 65.5 Å². The van der Waals surface area contributed by atoms with Crippen LogP contribution in [0.3, 0.4) is 0 Å². The highest BCUT2D eigenvalue weighted by Gasteiger charge is 2.21. The summed E-state index contributed by atoms with van der Waals surface area (Å²) in [6.45, 7) is 1.43. The molecular formula is C22H18N6OS. The van der Waals surface area contributed by atoms with E-state index < -0.39 is 0 Å². The molecule has 0 unspecified atom stereocenters. The van der Waals surface area contributed by atoms with Crippen molar-refractivity contribution >= 4 is 29.2 Å². The largest absolute Gasteiger partial charge is 0.372 e. The minimum Gasteiger partial charge on any atom is -0.372 e. The summed E-state index contributed by atoms with van der Waals surface area (Å²) in [5.41, 5.74) is 3.49. The minimum atomic E-state index is -0.173. The summed E-state index contributed by atoms with van der Waals surface area (Å²) in [7, 11) is 1.69. The third kappa shape index (κ3) is 4.57. The fraction of sp³-hybridized carbons (Fsp3) is 0.136. The Bertz CT molecular complexity index is 1150. The van der Waals surface area contributed by atoms with Gasteiger partial charge in [-0.25, -0.2) is 4.98 Å². The van der Waals surface area contributed by atoms with Crippen LogP contribution in [0.2, 0.25) is 0 Å². The van der Waals surface area contributed by atoms with Crippen molar-refractivity contribution in [1.29, 1.82) is 10.5 Å². The number of amides is 1. The first-order valence-electron chi connectivity index (χ1n) is 9.03. The molecule has 3 rings (SSSR count). The predicted molar refractivity (Wildman–Crippen MR) is 117 cm³/mol. The van der Waals surface area contributed by atoms with E-state index in [2.05, 4.69) is 32.7 Å². The van der Waals surface area contributed by atoms with Crippen molar-refractivity contribution < 1.29 is 4.79 Å². The Morgan fingerprint density at radius 3 is 2.43 bits per heavy atom. The van der Waals surface area contributed by atoms with Crippen molar-refractivity contribution in [3.8, 4) is 23.3 Å². The highest BCUT2D eigenvalue weighted by Crippen LogP contribution is 2.37. The normalized spacial score (nSPS) is 10.0. The van der Waals surface area contributed by atoms with Crippen molar-refractivity contribution in [2.75, 3.05) is 17.7 Å². The average Bonchev–Trinajstić information content (AvgIpc) is 2.77. The van der Waals surface area contributed by atoms with Crippen LogP contribution in [0.5, 0.6) is 0 Å². The molecule has 0 saturated heterocycles. The van der Waals surface area contributed by atoms with E-state index in [9.17, 15) is 15.3 Å². The minimum absolute atomic E-state index is 0.173. The quantitative estimate of drug-likeness (QED) is 0.582. The molecule has 7 nitrogen and oxygen atoms in total. The second-order valence-corrected chi connectivity index (χ2v) is 7.24. The van der Waals surface area contributed by atoms with E-state index in [1.807, 2.05) is 12.1 Å². The number of pyridine rings is 2. The van der Waals surface area contributed by atoms with Gasteiger partial charge in [0, 0.05) is 43.4 Å². The molecule has 0 bridgehead atoms. The number of rotatable bonds is 6. The van der Waals surface area contributed by atoms with Gasteiger partial charge in [0.05, 0.1) is 5.56 Å². The van der Waals surface area contributed by atoms with Gasteiger partial charge in [-0.15, -0.1) is 11.8 Å². The Morgan fingerprint density at radius 1 is 1.13 bits per heavy atom. The molecule has 2 aromatic heterocycles. The van der Waals surface area contributed by atoms with Crippen LogP contribution in [-0.2, 0) is 10.5 Å². The molecule has 1 aromatic carbocycles. The van der Waals surface area contributed by atoms with E-state index in [0.29, 0.717) is 44.5 Å². The maximum absolute atomic E-state index is 11.3. The maximum atomic E-state index is 11.3. The number of thioether (sulfide) groups is 1. The lowest BCUT2D eigenvalue weighted by atomic mass is 9.96. The lowest BCUT2D eigenvalue weighted by Gasteiger charge is -2.15. The van der Waals surface area contributed by atoms with E-state index in [4.69, 9.17) is 0 Å². The van der Waals surface area contributed by atoms with Crippen LogP contribution in [-0.4, -0.2) is 22.9 Å². The number of benzene rings is 1. The smallest absolute Gasteiger partial charge is 0.221 e. The molecule has 8 heteroatoms. The highest BCUT2D eigenvalue weighted by atomic mass is 32.2. The Balaban J connectivity index is 2.09. The number of nitrogens with zero attached hydrogens (tertiary/aromatic N) is 4. The Morgan fingerprint density at radius 2 is 1.87 bits per heavy atom. The van der Waals surface area contributed by atoms with Crippen LogP contribution in [0.15, 0.2) is 53.8 Å². The molecular weight excluding hydrogens is 396 g/mol. The lowest BCUT2D eigenvalue weighted by Crippen LogP contribution is -2.06. The van der Waals surface area contributed by atoms with Gasteiger partial charge in [0.15, 0.2) is 0 Å². The van der Waals surface area contributed by atoms with Gasteiger partial charge in [-0.1, -0.05) is 18.2 Å². The van der Waals surface area contributed by atoms with Gasteiger partial charge in [-0.05, 0) is 29.3 Å². The molecule has 3 aromatic rings. The van der Waals surface area contributed by atoms with E-state index in [0.717, 1.165) is 5.56 Å². The van der Waals surface area contributed by atoms with Gasteiger partial charge < -0.3 is 10.6 Å². The van der Waals surface area contributed by atoms with Crippen LogP contribution < -0.4 is 10.6 Å². The van der Waals surface area contributed by atoms with Gasteiger partial charge in [-0.3, -0.25) is 9.78 Å². The van der Waals surface area contributed by atoms with Gasteiger partial charge >= 0.3 is 0 Å². The van der Waals surface area contributed by atoms with E-state index in [1.165, 1.54) is 18.7 Å². The van der Waals surface area contributed by atoms with Gasteiger partial charge in [0.1, 0.15) is 28.5 Å². The third-order valence-electron chi connectivity index (χ3n) is 4.22. The van der Waals surface area contributed by atoms with Gasteiger partial charge in [0.25, 0.3) is 0 Å². The lowest BCUT2D eigenvalue weighted by molar-refractivity contribution is -0.114. The molecule has 0 saturated carbocycles. The first-order valence-corrected chi connectivity index (χ1v) is 10.0. The zero-order chi connectivity index (χ0) is 21.5. The summed E-state index contributed by atoms with van der Waals surface area (Å²) in [5, 5.41) is 25.9. The summed E-state index contributed by atoms with van der Waals surface area (Å²) in [5.74, 6) is 0.825. The fourth-order valence-corrected chi connectivity index (χ4v) is 3.83. The first kappa shape index (κ1) is 20.8. The molecule has 0 spiro atoms. The zero-order valence-electron chi connectivity index (χ0n) is 16.4. The van der Waals surface area contributed by atoms with Gasteiger partial charge in [-0.2, -0.15) is 10.5 Å². The van der Waals surface area contributed by atoms with Gasteiger partial charge in [0.2, 0.25) is 5.91 Å². The van der Waals surface area contributed by atoms with Crippen LogP contribution in [0.25, 0.3) is 11.1 Å². The Kier molecular flexibility index (Phi) is 6.63. The topological polar surface area (TPSA) is 114 Å². The Labute approximate surface area is 178 Å². The van der Waals surface area contributed by atoms with Crippen molar-refractivity contribution in [2.45, 2.75) is 17.7 Å². The predicted octanol–water partition coefficient (Wildman–Crippen LogP) is 4.18. The third-order valence-corrected chi connectivity index (χ3v) is 5.26. The van der Waals surface area contributed by atoms with E-state index >= 15 is 0 Å². The second-order valence-electron chi connectivity index (χ2n) is 6.27. The van der Waals surface area contributed by atoms with E-state index in [1.54, 1.807) is 43.7 Å². The Hall–Kier alpha value is -3.88. The molecule has 0 aliphatic heterocycles. The molecule has 2 heterocycles. The van der Waals surface area contributed by atoms with Crippen molar-refractivity contribution in [1.82, 2.24) is 9.97 Å². The summed E-state index contributed by atoms with van der Waals surface area (Å²) in [6.07, 6.45) is 3.47. The molecule has 0 aliphatic carbocycles. The van der Waals surface area contributed by atoms with Crippen LogP contribution in [0.1, 0.15) is 23.6 Å². The molecule has 0 atom stereocenters. The molecule has 30 heavy (non-hydrogen) atoms. The van der Waals surface area contributed by atoms with Crippen molar-refractivity contribution in [2.24, 2.45) is 0 Å².